The molecule has 0 fully saturated rings. The number of halogens is 4. The van der Waals surface area contributed by atoms with Crippen LogP contribution in [0, 0.1) is 0 Å². The van der Waals surface area contributed by atoms with E-state index in [9.17, 15) is 18.0 Å². The normalized spacial score (nSPS) is 11.2. The third kappa shape index (κ3) is 5.29. The molecule has 0 aromatic carbocycles. The van der Waals surface area contributed by atoms with E-state index < -0.39 is 23.1 Å². The molecule has 0 atom stereocenters. The van der Waals surface area contributed by atoms with E-state index in [0.29, 0.717) is 0 Å². The number of alkyl halides is 3. The van der Waals surface area contributed by atoms with Crippen LogP contribution in [0.15, 0.2) is 6.07 Å². The highest BCUT2D eigenvalue weighted by Gasteiger charge is 2.33. The van der Waals surface area contributed by atoms with E-state index in [1.54, 1.807) is 6.92 Å². The molecule has 0 amide bonds. The average molecular weight is 298 g/mol. The third-order valence-electron chi connectivity index (χ3n) is 1.93. The number of carbonyl (C=O) groups is 1. The molecule has 0 saturated heterocycles. The molecule has 5 nitrogen and oxygen atoms in total. The summed E-state index contributed by atoms with van der Waals surface area (Å²) in [4.78, 5) is 17.7. The molecule has 0 aliphatic carbocycles. The maximum absolute atomic E-state index is 12.4. The van der Waals surface area contributed by atoms with E-state index in [4.69, 9.17) is 11.6 Å². The zero-order valence-electron chi connectivity index (χ0n) is 9.92. The zero-order chi connectivity index (χ0) is 14.5. The molecule has 0 aliphatic rings. The van der Waals surface area contributed by atoms with Crippen LogP contribution < -0.4 is 5.32 Å². The van der Waals surface area contributed by atoms with Crippen molar-refractivity contribution in [1.29, 1.82) is 0 Å². The summed E-state index contributed by atoms with van der Waals surface area (Å²) >= 11 is 5.39. The second-order valence-electron chi connectivity index (χ2n) is 3.39. The molecule has 0 spiro atoms. The second-order valence-corrected chi connectivity index (χ2v) is 3.73. The smallest absolute Gasteiger partial charge is 0.433 e. The number of ether oxygens (including phenoxy) is 1. The van der Waals surface area contributed by atoms with Crippen molar-refractivity contribution in [2.45, 2.75) is 19.5 Å². The van der Waals surface area contributed by atoms with Crippen molar-refractivity contribution < 1.29 is 22.7 Å². The summed E-state index contributed by atoms with van der Waals surface area (Å²) in [6.45, 7) is 1.99. The number of carbonyl (C=O) groups excluding carboxylic acids is 1. The molecule has 9 heteroatoms. The van der Waals surface area contributed by atoms with Gasteiger partial charge in [-0.3, -0.25) is 4.79 Å². The largest absolute Gasteiger partial charge is 0.466 e. The van der Waals surface area contributed by atoms with Crippen LogP contribution in [0.1, 0.15) is 19.0 Å². The molecule has 106 valence electrons. The molecule has 1 aromatic heterocycles. The van der Waals surface area contributed by atoms with E-state index >= 15 is 0 Å². The van der Waals surface area contributed by atoms with Crippen LogP contribution in [0.4, 0.5) is 19.0 Å². The lowest BCUT2D eigenvalue weighted by Gasteiger charge is -2.09. The summed E-state index contributed by atoms with van der Waals surface area (Å²) < 4.78 is 42.0. The number of nitrogens with zero attached hydrogens (tertiary/aromatic N) is 2. The Morgan fingerprint density at radius 2 is 2.16 bits per heavy atom. The van der Waals surface area contributed by atoms with Crippen LogP contribution >= 0.6 is 11.6 Å². The minimum absolute atomic E-state index is 0.0107. The van der Waals surface area contributed by atoms with Crippen LogP contribution in [0.3, 0.4) is 0 Å². The Morgan fingerprint density at radius 1 is 1.47 bits per heavy atom. The highest BCUT2D eigenvalue weighted by atomic mass is 35.5. The third-order valence-corrected chi connectivity index (χ3v) is 2.10. The molecule has 0 bridgehead atoms. The highest BCUT2D eigenvalue weighted by molar-refractivity contribution is 6.28. The Kier molecular flexibility index (Phi) is 5.34. The van der Waals surface area contributed by atoms with Gasteiger partial charge in [-0.15, -0.1) is 0 Å². The second kappa shape index (κ2) is 6.55. The fourth-order valence-corrected chi connectivity index (χ4v) is 1.36. The number of esters is 1. The van der Waals surface area contributed by atoms with E-state index in [-0.39, 0.29) is 25.4 Å². The van der Waals surface area contributed by atoms with E-state index in [0.717, 1.165) is 6.07 Å². The van der Waals surface area contributed by atoms with Crippen molar-refractivity contribution >= 4 is 23.4 Å². The van der Waals surface area contributed by atoms with Crippen LogP contribution in [-0.4, -0.2) is 29.1 Å². The first-order valence-electron chi connectivity index (χ1n) is 5.34. The number of anilines is 1. The van der Waals surface area contributed by atoms with Crippen molar-refractivity contribution in [3.8, 4) is 0 Å². The van der Waals surface area contributed by atoms with Crippen molar-refractivity contribution in [3.63, 3.8) is 0 Å². The number of hydrogen-bond donors (Lipinski definition) is 1. The fraction of sp³-hybridized carbons (Fsp3) is 0.500. The molecular weight excluding hydrogens is 287 g/mol. The maximum Gasteiger partial charge on any atom is 0.433 e. The number of hydrogen-bond acceptors (Lipinski definition) is 5. The first kappa shape index (κ1) is 15.5. The molecular formula is C10H11ClF3N3O2. The summed E-state index contributed by atoms with van der Waals surface area (Å²) in [5.41, 5.74) is -1.15. The predicted molar refractivity (Wildman–Crippen MR) is 61.8 cm³/mol. The predicted octanol–water partition coefficient (Wildman–Crippen LogP) is 2.51. The van der Waals surface area contributed by atoms with Crippen molar-refractivity contribution in [3.05, 3.63) is 17.0 Å². The quantitative estimate of drug-likeness (QED) is 0.668. The van der Waals surface area contributed by atoms with Gasteiger partial charge in [0, 0.05) is 12.6 Å². The molecule has 0 saturated carbocycles. The number of aromatic nitrogens is 2. The van der Waals surface area contributed by atoms with Crippen LogP contribution in [-0.2, 0) is 15.7 Å². The minimum atomic E-state index is -4.61. The van der Waals surface area contributed by atoms with E-state index in [1.807, 2.05) is 0 Å². The average Bonchev–Trinajstić information content (AvgIpc) is 2.27. The molecule has 19 heavy (non-hydrogen) atoms. The Hall–Kier alpha value is -1.57. The highest BCUT2D eigenvalue weighted by Crippen LogP contribution is 2.29. The van der Waals surface area contributed by atoms with Gasteiger partial charge in [-0.1, -0.05) is 0 Å². The lowest BCUT2D eigenvalue weighted by molar-refractivity contribution is -0.143. The van der Waals surface area contributed by atoms with Crippen LogP contribution in [0.5, 0.6) is 0 Å². The standard InChI is InChI=1S/C10H11ClF3N3O2/c1-2-19-8(18)3-4-15-7-5-6(10(12,13)14)16-9(11)17-7/h5H,2-4H2,1H3,(H,15,16,17). The van der Waals surface area contributed by atoms with Crippen molar-refractivity contribution in [1.82, 2.24) is 9.97 Å². The van der Waals surface area contributed by atoms with Gasteiger partial charge in [0.1, 0.15) is 5.82 Å². The van der Waals surface area contributed by atoms with Crippen LogP contribution in [0.25, 0.3) is 0 Å². The Balaban J connectivity index is 2.64. The molecule has 0 unspecified atom stereocenters. The maximum atomic E-state index is 12.4. The van der Waals surface area contributed by atoms with Gasteiger partial charge in [0.2, 0.25) is 5.28 Å². The lowest BCUT2D eigenvalue weighted by atomic mass is 10.3. The van der Waals surface area contributed by atoms with Gasteiger partial charge >= 0.3 is 12.1 Å². The SMILES string of the molecule is CCOC(=O)CCNc1cc(C(F)(F)F)nc(Cl)n1. The first-order chi connectivity index (χ1) is 8.82. The zero-order valence-corrected chi connectivity index (χ0v) is 10.7. The summed E-state index contributed by atoms with van der Waals surface area (Å²) in [5.74, 6) is -0.553. The van der Waals surface area contributed by atoms with Gasteiger partial charge in [-0.2, -0.15) is 13.2 Å². The van der Waals surface area contributed by atoms with E-state index in [2.05, 4.69) is 20.0 Å². The fourth-order valence-electron chi connectivity index (χ4n) is 1.18. The van der Waals surface area contributed by atoms with Gasteiger partial charge < -0.3 is 10.1 Å². The van der Waals surface area contributed by atoms with Gasteiger partial charge in [0.25, 0.3) is 0 Å². The summed E-state index contributed by atoms with van der Waals surface area (Å²) in [7, 11) is 0. The summed E-state index contributed by atoms with van der Waals surface area (Å²) in [6.07, 6.45) is -4.60. The van der Waals surface area contributed by atoms with Gasteiger partial charge in [0.15, 0.2) is 5.69 Å². The molecule has 0 aliphatic heterocycles. The van der Waals surface area contributed by atoms with Gasteiger partial charge in [-0.25, -0.2) is 9.97 Å². The molecule has 1 aromatic rings. The monoisotopic (exact) mass is 297 g/mol. The Bertz CT molecular complexity index is 454. The molecule has 1 heterocycles. The molecule has 0 radical (unpaired) electrons. The summed E-state index contributed by atoms with van der Waals surface area (Å²) in [5, 5.41) is 2.03. The number of nitrogens with one attached hydrogen (secondary N) is 1. The van der Waals surface area contributed by atoms with Crippen molar-refractivity contribution in [2.75, 3.05) is 18.5 Å². The van der Waals surface area contributed by atoms with Gasteiger partial charge in [0.05, 0.1) is 13.0 Å². The lowest BCUT2D eigenvalue weighted by Crippen LogP contribution is -2.14. The molecule has 1 N–H and O–H groups in total. The molecule has 1 rings (SSSR count). The first-order valence-corrected chi connectivity index (χ1v) is 5.72. The van der Waals surface area contributed by atoms with Crippen molar-refractivity contribution in [2.24, 2.45) is 0 Å². The van der Waals surface area contributed by atoms with E-state index in [1.165, 1.54) is 0 Å². The minimum Gasteiger partial charge on any atom is -0.466 e. The summed E-state index contributed by atoms with van der Waals surface area (Å²) in [6, 6.07) is 0.719. The number of rotatable bonds is 5. The Labute approximate surface area is 112 Å². The van der Waals surface area contributed by atoms with Gasteiger partial charge in [-0.05, 0) is 18.5 Å². The Morgan fingerprint density at radius 3 is 2.74 bits per heavy atom. The van der Waals surface area contributed by atoms with Crippen LogP contribution in [0.2, 0.25) is 5.28 Å². The topological polar surface area (TPSA) is 64.1 Å².